The highest BCUT2D eigenvalue weighted by molar-refractivity contribution is 5.66. The second-order valence-electron chi connectivity index (χ2n) is 9.23. The van der Waals surface area contributed by atoms with E-state index in [2.05, 4.69) is 0 Å². The molecule has 12 atom stereocenters. The molecule has 1 unspecified atom stereocenters. The summed E-state index contributed by atoms with van der Waals surface area (Å²) in [7, 11) is 0. The first-order chi connectivity index (χ1) is 14.9. The molecule has 11 nitrogen and oxygen atoms in total. The number of carbonyl (C=O) groups is 1. The highest BCUT2D eigenvalue weighted by atomic mass is 16.7. The highest BCUT2D eigenvalue weighted by Crippen LogP contribution is 2.35. The number of hydrogen-bond donors (Lipinski definition) is 4. The van der Waals surface area contributed by atoms with Crippen LogP contribution in [0.4, 0.5) is 0 Å². The van der Waals surface area contributed by atoms with E-state index >= 15 is 0 Å². The third-order valence-electron chi connectivity index (χ3n) is 6.25. The van der Waals surface area contributed by atoms with Gasteiger partial charge in [-0.05, 0) is 27.7 Å². The second kappa shape index (κ2) is 10.2. The number of hydrogen-bond acceptors (Lipinski definition) is 11. The molecule has 0 aromatic carbocycles. The van der Waals surface area contributed by atoms with Crippen molar-refractivity contribution in [1.29, 1.82) is 0 Å². The van der Waals surface area contributed by atoms with Crippen molar-refractivity contribution in [2.45, 2.75) is 127 Å². The maximum absolute atomic E-state index is 11.4. The van der Waals surface area contributed by atoms with Crippen molar-refractivity contribution in [3.63, 3.8) is 0 Å². The minimum absolute atomic E-state index is 0.0294. The van der Waals surface area contributed by atoms with Gasteiger partial charge in [0, 0.05) is 26.2 Å². The van der Waals surface area contributed by atoms with Crippen LogP contribution in [-0.2, 0) is 33.2 Å². The Bertz CT molecular complexity index is 643. The third kappa shape index (κ3) is 5.96. The quantitative estimate of drug-likeness (QED) is 0.392. The van der Waals surface area contributed by atoms with Crippen molar-refractivity contribution in [2.24, 2.45) is 0 Å². The van der Waals surface area contributed by atoms with Crippen molar-refractivity contribution in [3.8, 4) is 0 Å². The van der Waals surface area contributed by atoms with E-state index in [1.807, 2.05) is 0 Å². The Balaban J connectivity index is 1.62. The molecule has 0 spiro atoms. The fourth-order valence-electron chi connectivity index (χ4n) is 4.58. The summed E-state index contributed by atoms with van der Waals surface area (Å²) in [6.45, 7) is 7.79. The molecule has 3 saturated heterocycles. The molecule has 11 heteroatoms. The topological polar surface area (TPSA) is 153 Å². The largest absolute Gasteiger partial charge is 0.457 e. The van der Waals surface area contributed by atoms with Crippen molar-refractivity contribution in [1.82, 2.24) is 0 Å². The number of esters is 1. The van der Waals surface area contributed by atoms with E-state index in [1.54, 1.807) is 27.7 Å². The van der Waals surface area contributed by atoms with Gasteiger partial charge in [0.15, 0.2) is 25.0 Å². The highest BCUT2D eigenvalue weighted by Gasteiger charge is 2.49. The molecule has 3 heterocycles. The maximum atomic E-state index is 11.4. The van der Waals surface area contributed by atoms with Crippen LogP contribution >= 0.6 is 0 Å². The van der Waals surface area contributed by atoms with Gasteiger partial charge in [0.1, 0.15) is 17.8 Å². The Labute approximate surface area is 187 Å². The third-order valence-corrected chi connectivity index (χ3v) is 6.25. The van der Waals surface area contributed by atoms with E-state index in [9.17, 15) is 25.2 Å². The SMILES string of the molecule is CC(=O)O[C@H]1[C@H](C)O[C@@H](O[C@@H]2C[C@H](O[C@@H]3CC(O)O[C@H](C)[C@H]3O)O[C@H](C)[C@H]2O)C[C@]1(C)O. The average molecular weight is 465 g/mol. The number of rotatable bonds is 5. The summed E-state index contributed by atoms with van der Waals surface area (Å²) in [4.78, 5) is 11.4. The molecule has 0 aliphatic carbocycles. The maximum Gasteiger partial charge on any atom is 0.303 e. The summed E-state index contributed by atoms with van der Waals surface area (Å²) in [6.07, 6.45) is -8.54. The summed E-state index contributed by atoms with van der Waals surface area (Å²) in [6, 6.07) is 0. The standard InChI is InChI=1S/C21H36O11/c1-9-18(24)13(6-15(23)27-9)31-16-7-14(19(25)10(2)28-16)32-17-8-21(5,26)20(11(3)29-17)30-12(4)22/h9-11,13-20,23-26H,6-8H2,1-5H3/t9-,10-,11+,13-,14-,15?,16+,17+,18-,19-,20+,21+/m1/s1. The van der Waals surface area contributed by atoms with Crippen LogP contribution in [0.3, 0.4) is 0 Å². The van der Waals surface area contributed by atoms with Crippen LogP contribution in [0.15, 0.2) is 0 Å². The first-order valence-electron chi connectivity index (χ1n) is 11.1. The van der Waals surface area contributed by atoms with Gasteiger partial charge < -0.3 is 48.8 Å². The van der Waals surface area contributed by atoms with E-state index in [4.69, 9.17) is 28.4 Å². The Morgan fingerprint density at radius 3 is 2.00 bits per heavy atom. The molecule has 186 valence electrons. The molecule has 0 aromatic rings. The van der Waals surface area contributed by atoms with Gasteiger partial charge in [0.2, 0.25) is 0 Å². The molecule has 3 aliphatic rings. The number of ether oxygens (including phenoxy) is 6. The minimum Gasteiger partial charge on any atom is -0.457 e. The summed E-state index contributed by atoms with van der Waals surface area (Å²) >= 11 is 0. The van der Waals surface area contributed by atoms with Crippen LogP contribution in [-0.4, -0.2) is 99.7 Å². The Hall–Kier alpha value is -0.890. The van der Waals surface area contributed by atoms with Gasteiger partial charge in [-0.1, -0.05) is 0 Å². The van der Waals surface area contributed by atoms with Gasteiger partial charge in [-0.3, -0.25) is 4.79 Å². The Morgan fingerprint density at radius 1 is 0.875 bits per heavy atom. The van der Waals surface area contributed by atoms with Crippen LogP contribution < -0.4 is 0 Å². The monoisotopic (exact) mass is 464 g/mol. The van der Waals surface area contributed by atoms with Crippen molar-refractivity contribution in [2.75, 3.05) is 0 Å². The zero-order chi connectivity index (χ0) is 23.8. The molecule has 0 aromatic heterocycles. The lowest BCUT2D eigenvalue weighted by Crippen LogP contribution is -2.59. The summed E-state index contributed by atoms with van der Waals surface area (Å²) < 4.78 is 33.8. The van der Waals surface area contributed by atoms with Crippen LogP contribution in [0.25, 0.3) is 0 Å². The normalized spacial score (nSPS) is 50.1. The molecule has 3 aliphatic heterocycles. The van der Waals surface area contributed by atoms with Crippen molar-refractivity contribution in [3.05, 3.63) is 0 Å². The fraction of sp³-hybridized carbons (Fsp3) is 0.952. The van der Waals surface area contributed by atoms with Crippen molar-refractivity contribution >= 4 is 5.97 Å². The number of aliphatic hydroxyl groups is 4. The Kier molecular flexibility index (Phi) is 8.17. The smallest absolute Gasteiger partial charge is 0.303 e. The number of carbonyl (C=O) groups excluding carboxylic acids is 1. The second-order valence-corrected chi connectivity index (χ2v) is 9.23. The molecule has 3 rings (SSSR count). The summed E-state index contributed by atoms with van der Waals surface area (Å²) in [5.74, 6) is -0.520. The van der Waals surface area contributed by atoms with E-state index in [-0.39, 0.29) is 19.3 Å². The lowest BCUT2D eigenvalue weighted by atomic mass is 9.88. The molecule has 0 radical (unpaired) electrons. The lowest BCUT2D eigenvalue weighted by molar-refractivity contribution is -0.331. The zero-order valence-corrected chi connectivity index (χ0v) is 19.1. The van der Waals surface area contributed by atoms with Gasteiger partial charge in [-0.25, -0.2) is 0 Å². The van der Waals surface area contributed by atoms with Gasteiger partial charge in [0.25, 0.3) is 0 Å². The van der Waals surface area contributed by atoms with Crippen LogP contribution in [0.5, 0.6) is 0 Å². The molecular weight excluding hydrogens is 428 g/mol. The van der Waals surface area contributed by atoms with Gasteiger partial charge >= 0.3 is 5.97 Å². The number of aliphatic hydroxyl groups excluding tert-OH is 3. The van der Waals surface area contributed by atoms with E-state index in [0.29, 0.717) is 0 Å². The van der Waals surface area contributed by atoms with Gasteiger partial charge in [-0.15, -0.1) is 0 Å². The zero-order valence-electron chi connectivity index (χ0n) is 19.1. The fourth-order valence-corrected chi connectivity index (χ4v) is 4.58. The van der Waals surface area contributed by atoms with Gasteiger partial charge in [0.05, 0.1) is 30.5 Å². The van der Waals surface area contributed by atoms with Crippen LogP contribution in [0.2, 0.25) is 0 Å². The molecular formula is C21H36O11. The molecule has 4 N–H and O–H groups in total. The lowest BCUT2D eigenvalue weighted by Gasteiger charge is -2.46. The molecule has 0 saturated carbocycles. The van der Waals surface area contributed by atoms with Crippen LogP contribution in [0, 0.1) is 0 Å². The van der Waals surface area contributed by atoms with E-state index in [1.165, 1.54) is 6.92 Å². The average Bonchev–Trinajstić information content (AvgIpc) is 2.66. The Morgan fingerprint density at radius 2 is 1.41 bits per heavy atom. The molecule has 3 fully saturated rings. The van der Waals surface area contributed by atoms with E-state index < -0.39 is 79.3 Å². The molecule has 0 amide bonds. The van der Waals surface area contributed by atoms with Gasteiger partial charge in [-0.2, -0.15) is 0 Å². The first kappa shape index (κ1) is 25.7. The van der Waals surface area contributed by atoms with Crippen molar-refractivity contribution < 1.29 is 53.6 Å². The molecule has 0 bridgehead atoms. The molecule has 32 heavy (non-hydrogen) atoms. The summed E-state index contributed by atoms with van der Waals surface area (Å²) in [5, 5.41) is 41.5. The first-order valence-corrected chi connectivity index (χ1v) is 11.1. The predicted octanol–water partition coefficient (Wildman–Crippen LogP) is -0.442. The predicted molar refractivity (Wildman–Crippen MR) is 107 cm³/mol. The summed E-state index contributed by atoms with van der Waals surface area (Å²) in [5.41, 5.74) is -1.38. The minimum atomic E-state index is -1.38. The van der Waals surface area contributed by atoms with Crippen LogP contribution in [0.1, 0.15) is 53.9 Å². The van der Waals surface area contributed by atoms with E-state index in [0.717, 1.165) is 0 Å².